The first-order valence-corrected chi connectivity index (χ1v) is 8.23. The van der Waals surface area contributed by atoms with Crippen molar-refractivity contribution in [2.24, 2.45) is 0 Å². The van der Waals surface area contributed by atoms with E-state index < -0.39 is 32.4 Å². The van der Waals surface area contributed by atoms with Gasteiger partial charge in [0.1, 0.15) is 19.0 Å². The maximum Gasteiger partial charge on any atom is 0.264 e. The molecular formula is C7H14O8S2. The van der Waals surface area contributed by atoms with Crippen molar-refractivity contribution in [3.63, 3.8) is 0 Å². The molecule has 1 aliphatic rings. The van der Waals surface area contributed by atoms with Crippen LogP contribution in [-0.2, 0) is 38.1 Å². The average Bonchev–Trinajstić information content (AvgIpc) is 2.56. The molecule has 0 unspecified atom stereocenters. The second kappa shape index (κ2) is 5.59. The Bertz CT molecular complexity index is 396. The van der Waals surface area contributed by atoms with Gasteiger partial charge < -0.3 is 9.47 Å². The summed E-state index contributed by atoms with van der Waals surface area (Å²) < 4.78 is 62.2. The lowest BCUT2D eigenvalue weighted by molar-refractivity contribution is 0.0270. The predicted octanol–water partition coefficient (Wildman–Crippen LogP) is -1.32. The summed E-state index contributed by atoms with van der Waals surface area (Å²) in [6.45, 7) is -0.539. The summed E-state index contributed by atoms with van der Waals surface area (Å²) in [6, 6.07) is 0. The second-order valence-electron chi connectivity index (χ2n) is 3.51. The van der Waals surface area contributed by atoms with Gasteiger partial charge in [-0.05, 0) is 0 Å². The highest BCUT2D eigenvalue weighted by atomic mass is 32.2. The van der Waals surface area contributed by atoms with E-state index in [4.69, 9.17) is 9.47 Å². The molecule has 0 aromatic rings. The molecule has 1 rings (SSSR count). The molecule has 2 atom stereocenters. The van der Waals surface area contributed by atoms with Gasteiger partial charge in [-0.15, -0.1) is 0 Å². The molecule has 8 nitrogen and oxygen atoms in total. The highest BCUT2D eigenvalue weighted by molar-refractivity contribution is 7.86. The monoisotopic (exact) mass is 290 g/mol. The Morgan fingerprint density at radius 3 is 1.59 bits per heavy atom. The van der Waals surface area contributed by atoms with Crippen LogP contribution < -0.4 is 0 Å². The lowest BCUT2D eigenvalue weighted by Gasteiger charge is -2.15. The van der Waals surface area contributed by atoms with Crippen LogP contribution in [-0.4, -0.2) is 61.6 Å². The van der Waals surface area contributed by atoms with Gasteiger partial charge in [0.15, 0.2) is 0 Å². The Morgan fingerprint density at radius 1 is 0.941 bits per heavy atom. The maximum atomic E-state index is 10.8. The summed E-state index contributed by atoms with van der Waals surface area (Å²) in [5, 5.41) is 0. The first kappa shape index (κ1) is 14.8. The zero-order valence-corrected chi connectivity index (χ0v) is 11.0. The largest absolute Gasteiger partial charge is 0.347 e. The van der Waals surface area contributed by atoms with Gasteiger partial charge in [-0.3, -0.25) is 8.37 Å². The number of rotatable bonds is 6. The van der Waals surface area contributed by atoms with Crippen molar-refractivity contribution < 1.29 is 34.7 Å². The summed E-state index contributed by atoms with van der Waals surface area (Å²) in [7, 11) is -7.15. The minimum atomic E-state index is -3.57. The highest BCUT2D eigenvalue weighted by Crippen LogP contribution is 2.15. The Morgan fingerprint density at radius 2 is 1.29 bits per heavy atom. The van der Waals surface area contributed by atoms with Gasteiger partial charge in [-0.25, -0.2) is 0 Å². The number of hydrogen-bond donors (Lipinski definition) is 0. The predicted molar refractivity (Wildman–Crippen MR) is 56.2 cm³/mol. The third kappa shape index (κ3) is 6.29. The molecule has 0 N–H and O–H groups in total. The SMILES string of the molecule is CS(=O)(=O)OC[C@@H]1OCO[C@@H]1COS(C)(=O)=O. The van der Waals surface area contributed by atoms with Crippen LogP contribution in [0.15, 0.2) is 0 Å². The van der Waals surface area contributed by atoms with E-state index in [2.05, 4.69) is 8.37 Å². The van der Waals surface area contributed by atoms with Crippen LogP contribution in [0.1, 0.15) is 0 Å². The topological polar surface area (TPSA) is 105 Å². The van der Waals surface area contributed by atoms with E-state index in [1.807, 2.05) is 0 Å². The molecular weight excluding hydrogens is 276 g/mol. The smallest absolute Gasteiger partial charge is 0.264 e. The van der Waals surface area contributed by atoms with Crippen molar-refractivity contribution in [3.8, 4) is 0 Å². The van der Waals surface area contributed by atoms with Gasteiger partial charge in [-0.2, -0.15) is 16.8 Å². The molecule has 0 amide bonds. The molecule has 0 aromatic carbocycles. The third-order valence-electron chi connectivity index (χ3n) is 1.87. The molecule has 17 heavy (non-hydrogen) atoms. The lowest BCUT2D eigenvalue weighted by Crippen LogP contribution is -2.33. The fraction of sp³-hybridized carbons (Fsp3) is 1.00. The Labute approximate surface area is 100 Å². The van der Waals surface area contributed by atoms with E-state index in [-0.39, 0.29) is 20.0 Å². The quantitative estimate of drug-likeness (QED) is 0.555. The van der Waals surface area contributed by atoms with Crippen LogP contribution in [0.2, 0.25) is 0 Å². The summed E-state index contributed by atoms with van der Waals surface area (Å²) in [5.74, 6) is 0. The molecule has 102 valence electrons. The molecule has 1 saturated heterocycles. The van der Waals surface area contributed by atoms with Crippen molar-refractivity contribution in [2.45, 2.75) is 12.2 Å². The summed E-state index contributed by atoms with van der Waals surface area (Å²) in [4.78, 5) is 0. The normalized spacial score (nSPS) is 26.2. The van der Waals surface area contributed by atoms with Crippen LogP contribution in [0.3, 0.4) is 0 Å². The van der Waals surface area contributed by atoms with Crippen molar-refractivity contribution >= 4 is 20.2 Å². The van der Waals surface area contributed by atoms with Gasteiger partial charge in [0, 0.05) is 0 Å². The number of ether oxygens (including phenoxy) is 2. The van der Waals surface area contributed by atoms with E-state index in [1.54, 1.807) is 0 Å². The lowest BCUT2D eigenvalue weighted by atomic mass is 10.2. The zero-order valence-electron chi connectivity index (χ0n) is 9.36. The Balaban J connectivity index is 2.44. The summed E-state index contributed by atoms with van der Waals surface area (Å²) in [5.41, 5.74) is 0. The van der Waals surface area contributed by atoms with Gasteiger partial charge in [-0.1, -0.05) is 0 Å². The average molecular weight is 290 g/mol. The molecule has 0 aliphatic carbocycles. The van der Waals surface area contributed by atoms with Gasteiger partial charge in [0.05, 0.1) is 25.7 Å². The standard InChI is InChI=1S/C7H14O8S2/c1-16(8,9)14-3-6-7(13-5-12-6)4-15-17(2,10)11/h6-7H,3-5H2,1-2H3/t6-,7+. The van der Waals surface area contributed by atoms with Crippen LogP contribution in [0.5, 0.6) is 0 Å². The second-order valence-corrected chi connectivity index (χ2v) is 6.79. The van der Waals surface area contributed by atoms with Crippen LogP contribution >= 0.6 is 0 Å². The maximum absolute atomic E-state index is 10.8. The first-order chi connectivity index (χ1) is 7.67. The fourth-order valence-electron chi connectivity index (χ4n) is 1.12. The van der Waals surface area contributed by atoms with Gasteiger partial charge in [0.25, 0.3) is 20.2 Å². The van der Waals surface area contributed by atoms with Crippen molar-refractivity contribution in [2.75, 3.05) is 32.5 Å². The third-order valence-corrected chi connectivity index (χ3v) is 3.00. The minimum absolute atomic E-state index is 0.0599. The van der Waals surface area contributed by atoms with Crippen molar-refractivity contribution in [1.82, 2.24) is 0 Å². The van der Waals surface area contributed by atoms with Crippen LogP contribution in [0.25, 0.3) is 0 Å². The van der Waals surface area contributed by atoms with Gasteiger partial charge >= 0.3 is 0 Å². The summed E-state index contributed by atoms with van der Waals surface area (Å²) >= 11 is 0. The van der Waals surface area contributed by atoms with Crippen molar-refractivity contribution in [3.05, 3.63) is 0 Å². The van der Waals surface area contributed by atoms with Crippen LogP contribution in [0, 0.1) is 0 Å². The molecule has 0 saturated carbocycles. The van der Waals surface area contributed by atoms with E-state index in [9.17, 15) is 16.8 Å². The van der Waals surface area contributed by atoms with E-state index in [0.29, 0.717) is 0 Å². The van der Waals surface area contributed by atoms with E-state index >= 15 is 0 Å². The Hall–Kier alpha value is -0.260. The molecule has 1 heterocycles. The molecule has 0 spiro atoms. The van der Waals surface area contributed by atoms with Crippen LogP contribution in [0.4, 0.5) is 0 Å². The Kier molecular flexibility index (Phi) is 4.86. The minimum Gasteiger partial charge on any atom is -0.347 e. The van der Waals surface area contributed by atoms with E-state index in [1.165, 1.54) is 0 Å². The number of hydrogen-bond acceptors (Lipinski definition) is 8. The molecule has 1 aliphatic heterocycles. The molecule has 10 heteroatoms. The fourth-order valence-corrected chi connectivity index (χ4v) is 1.88. The molecule has 0 aromatic heterocycles. The highest BCUT2D eigenvalue weighted by Gasteiger charge is 2.31. The molecule has 0 bridgehead atoms. The summed E-state index contributed by atoms with van der Waals surface area (Å²) in [6.07, 6.45) is 0.466. The molecule has 1 fully saturated rings. The molecule has 0 radical (unpaired) electrons. The van der Waals surface area contributed by atoms with Gasteiger partial charge in [0.2, 0.25) is 0 Å². The zero-order chi connectivity index (χ0) is 13.1. The van der Waals surface area contributed by atoms with Crippen molar-refractivity contribution in [1.29, 1.82) is 0 Å². The first-order valence-electron chi connectivity index (χ1n) is 4.59. The van der Waals surface area contributed by atoms with E-state index in [0.717, 1.165) is 12.5 Å².